The van der Waals surface area contributed by atoms with E-state index in [0.29, 0.717) is 13.0 Å². The van der Waals surface area contributed by atoms with Gasteiger partial charge in [0.25, 0.3) is 5.91 Å². The first-order valence-electron chi connectivity index (χ1n) is 6.00. The summed E-state index contributed by atoms with van der Waals surface area (Å²) in [6.45, 7) is 3.97. The number of hydrogen-bond acceptors (Lipinski definition) is 4. The van der Waals surface area contributed by atoms with Crippen LogP contribution in [0.5, 0.6) is 5.75 Å². The highest BCUT2D eigenvalue weighted by atomic mass is 16.6. The van der Waals surface area contributed by atoms with Crippen LogP contribution in [0.25, 0.3) is 0 Å². The van der Waals surface area contributed by atoms with Crippen molar-refractivity contribution in [1.82, 2.24) is 5.32 Å². The summed E-state index contributed by atoms with van der Waals surface area (Å²) in [5.41, 5.74) is 1.65. The van der Waals surface area contributed by atoms with Gasteiger partial charge < -0.3 is 14.9 Å². The number of nitrogens with one attached hydrogen (secondary N) is 1. The van der Waals surface area contributed by atoms with E-state index in [1.54, 1.807) is 13.2 Å². The number of carbonyl (C=O) groups excluding carboxylic acids is 1. The molecule has 19 heavy (non-hydrogen) atoms. The molecule has 1 amide bonds. The third-order valence-corrected chi connectivity index (χ3v) is 2.78. The molecule has 1 aliphatic heterocycles. The molecule has 1 N–H and O–H groups in total. The van der Waals surface area contributed by atoms with E-state index in [1.165, 1.54) is 0 Å². The van der Waals surface area contributed by atoms with Gasteiger partial charge in [-0.2, -0.15) is 0 Å². The van der Waals surface area contributed by atoms with Crippen LogP contribution in [0.3, 0.4) is 0 Å². The van der Waals surface area contributed by atoms with Crippen LogP contribution in [0.1, 0.15) is 12.0 Å². The van der Waals surface area contributed by atoms with Crippen LogP contribution in [0.15, 0.2) is 42.1 Å². The Hall–Kier alpha value is -2.30. The fraction of sp³-hybridized carbons (Fsp3) is 0.286. The fourth-order valence-electron chi connectivity index (χ4n) is 1.78. The number of oxime groups is 1. The zero-order valence-corrected chi connectivity index (χ0v) is 10.8. The summed E-state index contributed by atoms with van der Waals surface area (Å²) in [5.74, 6) is 0.571. The van der Waals surface area contributed by atoms with Crippen molar-refractivity contribution in [2.45, 2.75) is 12.5 Å². The van der Waals surface area contributed by atoms with Gasteiger partial charge in [-0.05, 0) is 12.1 Å². The van der Waals surface area contributed by atoms with Crippen molar-refractivity contribution in [3.63, 3.8) is 0 Å². The van der Waals surface area contributed by atoms with Gasteiger partial charge in [-0.15, -0.1) is 6.58 Å². The molecule has 0 bridgehead atoms. The van der Waals surface area contributed by atoms with E-state index in [2.05, 4.69) is 17.1 Å². The van der Waals surface area contributed by atoms with E-state index in [1.807, 2.05) is 24.3 Å². The number of hydrogen-bond donors (Lipinski definition) is 1. The maximum Gasteiger partial charge on any atom is 0.264 e. The monoisotopic (exact) mass is 260 g/mol. The molecule has 0 fully saturated rings. The summed E-state index contributed by atoms with van der Waals surface area (Å²) in [7, 11) is 1.61. The van der Waals surface area contributed by atoms with Gasteiger partial charge in [0.15, 0.2) is 0 Å². The lowest BCUT2D eigenvalue weighted by Crippen LogP contribution is -2.34. The smallest absolute Gasteiger partial charge is 0.264 e. The van der Waals surface area contributed by atoms with Gasteiger partial charge in [0.1, 0.15) is 5.75 Å². The first-order valence-corrected chi connectivity index (χ1v) is 6.00. The number of amides is 1. The minimum atomic E-state index is -0.568. The van der Waals surface area contributed by atoms with E-state index >= 15 is 0 Å². The zero-order valence-electron chi connectivity index (χ0n) is 10.8. The Morgan fingerprint density at radius 2 is 2.53 bits per heavy atom. The van der Waals surface area contributed by atoms with Crippen LogP contribution in [0.2, 0.25) is 0 Å². The van der Waals surface area contributed by atoms with Gasteiger partial charge in [-0.1, -0.05) is 23.4 Å². The Bertz CT molecular complexity index is 511. The van der Waals surface area contributed by atoms with Gasteiger partial charge in [0, 0.05) is 18.5 Å². The zero-order chi connectivity index (χ0) is 13.7. The average Bonchev–Trinajstić information content (AvgIpc) is 2.94. The summed E-state index contributed by atoms with van der Waals surface area (Å²) >= 11 is 0. The van der Waals surface area contributed by atoms with Gasteiger partial charge in [-0.3, -0.25) is 4.79 Å². The van der Waals surface area contributed by atoms with E-state index < -0.39 is 6.10 Å². The molecule has 100 valence electrons. The molecular formula is C14H16N2O3. The van der Waals surface area contributed by atoms with Crippen molar-refractivity contribution in [2.24, 2.45) is 5.16 Å². The summed E-state index contributed by atoms with van der Waals surface area (Å²) in [5, 5.41) is 6.66. The average molecular weight is 260 g/mol. The number of nitrogens with zero attached hydrogens (tertiary/aromatic N) is 1. The molecule has 5 heteroatoms. The maximum atomic E-state index is 11.7. The van der Waals surface area contributed by atoms with Gasteiger partial charge in [0.05, 0.1) is 12.8 Å². The van der Waals surface area contributed by atoms with E-state index in [4.69, 9.17) is 9.57 Å². The standard InChI is InChI=1S/C14H16N2O3/c1-3-7-15-14(17)13-9-12(16-19-13)10-5-4-6-11(8-10)18-2/h3-6,8,13H,1,7,9H2,2H3,(H,15,17)/t13-/m0/s1. The molecule has 0 saturated heterocycles. The Morgan fingerprint density at radius 3 is 3.26 bits per heavy atom. The Labute approximate surface area is 111 Å². The SMILES string of the molecule is C=CCNC(=O)[C@@H]1CC(c2cccc(OC)c2)=NO1. The van der Waals surface area contributed by atoms with Crippen LogP contribution >= 0.6 is 0 Å². The first kappa shape index (κ1) is 13.1. The summed E-state index contributed by atoms with van der Waals surface area (Å²) in [6.07, 6.45) is 1.51. The number of benzene rings is 1. The molecule has 1 aliphatic rings. The molecule has 1 heterocycles. The molecule has 0 aliphatic carbocycles. The van der Waals surface area contributed by atoms with Crippen LogP contribution in [0.4, 0.5) is 0 Å². The Balaban J connectivity index is 2.00. The normalized spacial score (nSPS) is 17.3. The molecular weight excluding hydrogens is 244 g/mol. The second-order valence-corrected chi connectivity index (χ2v) is 4.10. The lowest BCUT2D eigenvalue weighted by molar-refractivity contribution is -0.130. The second-order valence-electron chi connectivity index (χ2n) is 4.10. The number of rotatable bonds is 5. The number of ether oxygens (including phenoxy) is 1. The van der Waals surface area contributed by atoms with Crippen molar-refractivity contribution >= 4 is 11.6 Å². The molecule has 1 atom stereocenters. The molecule has 5 nitrogen and oxygen atoms in total. The summed E-state index contributed by atoms with van der Waals surface area (Å²) in [6, 6.07) is 7.51. The van der Waals surface area contributed by atoms with Crippen LogP contribution in [0, 0.1) is 0 Å². The van der Waals surface area contributed by atoms with Crippen molar-refractivity contribution in [2.75, 3.05) is 13.7 Å². The molecule has 2 rings (SSSR count). The number of carbonyl (C=O) groups is 1. The number of methoxy groups -OCH3 is 1. The predicted molar refractivity (Wildman–Crippen MR) is 72.2 cm³/mol. The Kier molecular flexibility index (Phi) is 4.18. The lowest BCUT2D eigenvalue weighted by Gasteiger charge is -2.07. The highest BCUT2D eigenvalue weighted by molar-refractivity contribution is 6.04. The molecule has 1 aromatic carbocycles. The minimum Gasteiger partial charge on any atom is -0.497 e. The molecule has 0 spiro atoms. The maximum absolute atomic E-state index is 11.7. The summed E-state index contributed by atoms with van der Waals surface area (Å²) in [4.78, 5) is 16.9. The quantitative estimate of drug-likeness (QED) is 0.816. The Morgan fingerprint density at radius 1 is 1.68 bits per heavy atom. The van der Waals surface area contributed by atoms with Crippen molar-refractivity contribution in [3.05, 3.63) is 42.5 Å². The largest absolute Gasteiger partial charge is 0.497 e. The topological polar surface area (TPSA) is 59.9 Å². The summed E-state index contributed by atoms with van der Waals surface area (Å²) < 4.78 is 5.16. The molecule has 0 radical (unpaired) electrons. The van der Waals surface area contributed by atoms with E-state index in [0.717, 1.165) is 17.0 Å². The molecule has 0 unspecified atom stereocenters. The third-order valence-electron chi connectivity index (χ3n) is 2.78. The molecule has 0 aromatic heterocycles. The molecule has 0 saturated carbocycles. The highest BCUT2D eigenvalue weighted by Crippen LogP contribution is 2.20. The third kappa shape index (κ3) is 3.13. The molecule has 1 aromatic rings. The van der Waals surface area contributed by atoms with E-state index in [9.17, 15) is 4.79 Å². The fourth-order valence-corrected chi connectivity index (χ4v) is 1.78. The lowest BCUT2D eigenvalue weighted by atomic mass is 10.0. The van der Waals surface area contributed by atoms with Crippen molar-refractivity contribution in [3.8, 4) is 5.75 Å². The van der Waals surface area contributed by atoms with Crippen LogP contribution in [-0.4, -0.2) is 31.4 Å². The van der Waals surface area contributed by atoms with Gasteiger partial charge >= 0.3 is 0 Å². The first-order chi connectivity index (χ1) is 9.24. The van der Waals surface area contributed by atoms with Crippen molar-refractivity contribution in [1.29, 1.82) is 0 Å². The van der Waals surface area contributed by atoms with Crippen LogP contribution in [-0.2, 0) is 9.63 Å². The van der Waals surface area contributed by atoms with E-state index in [-0.39, 0.29) is 5.91 Å². The minimum absolute atomic E-state index is 0.179. The van der Waals surface area contributed by atoms with Crippen molar-refractivity contribution < 1.29 is 14.4 Å². The predicted octanol–water partition coefficient (Wildman–Crippen LogP) is 1.49. The highest BCUT2D eigenvalue weighted by Gasteiger charge is 2.28. The second kappa shape index (κ2) is 6.04. The van der Waals surface area contributed by atoms with Crippen LogP contribution < -0.4 is 10.1 Å². The van der Waals surface area contributed by atoms with Gasteiger partial charge in [-0.25, -0.2) is 0 Å². The van der Waals surface area contributed by atoms with Gasteiger partial charge in [0.2, 0.25) is 6.10 Å².